The molecule has 3 fully saturated rings. The normalized spacial score (nSPS) is 39.2. The van der Waals surface area contributed by atoms with Crippen molar-refractivity contribution in [2.24, 2.45) is 34.5 Å². The number of carbonyl (C=O) groups is 2. The molecule has 4 aliphatic carbocycles. The van der Waals surface area contributed by atoms with Crippen molar-refractivity contribution in [2.45, 2.75) is 79.1 Å². The third-order valence-corrected chi connectivity index (χ3v) is 11.3. The molecule has 0 amide bonds. The van der Waals surface area contributed by atoms with E-state index in [1.165, 1.54) is 24.8 Å². The molecule has 0 aromatic carbocycles. The molecule has 3 nitrogen and oxygen atoms in total. The first-order valence-electron chi connectivity index (χ1n) is 12.4. The summed E-state index contributed by atoms with van der Waals surface area (Å²) in [5.41, 5.74) is 1.80. The van der Waals surface area contributed by atoms with Crippen molar-refractivity contribution < 1.29 is 9.59 Å². The van der Waals surface area contributed by atoms with Crippen molar-refractivity contribution in [2.75, 3.05) is 18.8 Å². The zero-order valence-corrected chi connectivity index (χ0v) is 21.4. The maximum Gasteiger partial charge on any atom is 0.155 e. The number of thioether (sulfide) groups is 1. The van der Waals surface area contributed by atoms with Crippen molar-refractivity contribution in [1.29, 1.82) is 0 Å². The molecule has 4 aliphatic rings. The van der Waals surface area contributed by atoms with Gasteiger partial charge in [-0.3, -0.25) is 9.59 Å². The number of fused-ring (bicyclic) bond motifs is 5. The Labute approximate surface area is 198 Å². The predicted octanol–water partition coefficient (Wildman–Crippen LogP) is 6.06. The first-order chi connectivity index (χ1) is 14.7. The molecular weight excluding hydrogens is 422 g/mol. The molecule has 5 heteroatoms. The van der Waals surface area contributed by atoms with Crippen LogP contribution in [0.1, 0.15) is 79.1 Å². The van der Waals surface area contributed by atoms with Crippen LogP contribution in [0.4, 0.5) is 0 Å². The highest BCUT2D eigenvalue weighted by atomic mass is 32.2. The molecule has 31 heavy (non-hydrogen) atoms. The lowest BCUT2D eigenvalue weighted by molar-refractivity contribution is -0.128. The Morgan fingerprint density at radius 2 is 1.84 bits per heavy atom. The quantitative estimate of drug-likeness (QED) is 0.465. The Morgan fingerprint density at radius 1 is 1.10 bits per heavy atom. The number of rotatable bonds is 5. The second-order valence-electron chi connectivity index (χ2n) is 10.8. The number of thiocarbonyl (C=S) groups is 1. The Morgan fingerprint density at radius 3 is 2.55 bits per heavy atom. The monoisotopic (exact) mass is 461 g/mol. The lowest BCUT2D eigenvalue weighted by atomic mass is 9.46. The molecule has 0 bridgehead atoms. The lowest BCUT2D eigenvalue weighted by Gasteiger charge is -2.58. The molecule has 3 saturated carbocycles. The molecule has 0 N–H and O–H groups in total. The van der Waals surface area contributed by atoms with Gasteiger partial charge in [0.05, 0.1) is 5.75 Å². The second kappa shape index (κ2) is 8.93. The Hall–Kier alpha value is -0.680. The van der Waals surface area contributed by atoms with Crippen molar-refractivity contribution in [3.63, 3.8) is 0 Å². The fraction of sp³-hybridized carbons (Fsp3) is 0.808. The summed E-state index contributed by atoms with van der Waals surface area (Å²) in [6.45, 7) is 10.9. The van der Waals surface area contributed by atoms with Gasteiger partial charge in [0.1, 0.15) is 10.1 Å². The van der Waals surface area contributed by atoms with Crippen LogP contribution < -0.4 is 0 Å². The standard InChI is InChI=1S/C26H39NO2S2/c1-5-27(6-2)24(30)31-16-23(29)22-10-9-20-19-8-7-17-15-18(28)11-13-25(17,3)21(19)12-14-26(20,22)4/h15,19-22H,5-14,16H2,1-4H3. The fourth-order valence-electron chi connectivity index (χ4n) is 7.89. The third kappa shape index (κ3) is 3.96. The first kappa shape index (κ1) is 23.5. The van der Waals surface area contributed by atoms with Gasteiger partial charge in [-0.1, -0.05) is 43.4 Å². The smallest absolute Gasteiger partial charge is 0.155 e. The van der Waals surface area contributed by atoms with Crippen LogP contribution in [0.25, 0.3) is 0 Å². The van der Waals surface area contributed by atoms with Crippen LogP contribution in [0.15, 0.2) is 11.6 Å². The number of allylic oxidation sites excluding steroid dienone is 1. The van der Waals surface area contributed by atoms with Crippen molar-refractivity contribution in [1.82, 2.24) is 4.90 Å². The summed E-state index contributed by atoms with van der Waals surface area (Å²) in [6.07, 6.45) is 10.7. The highest BCUT2D eigenvalue weighted by Gasteiger charge is 2.59. The summed E-state index contributed by atoms with van der Waals surface area (Å²) in [5, 5.41) is 0. The van der Waals surface area contributed by atoms with Crippen molar-refractivity contribution in [3.8, 4) is 0 Å². The van der Waals surface area contributed by atoms with Gasteiger partial charge in [0.2, 0.25) is 0 Å². The topological polar surface area (TPSA) is 37.4 Å². The number of carbonyl (C=O) groups excluding carboxylic acids is 2. The van der Waals surface area contributed by atoms with Crippen LogP contribution in [0.3, 0.4) is 0 Å². The molecule has 0 radical (unpaired) electrons. The SMILES string of the molecule is CCN(CC)C(=S)SCC(=O)C1CCC2C3CCC4=CC(=O)CCC4(C)C3CCC12C. The number of Topliss-reactive ketones (excluding diaryl/α,β-unsaturated/α-hetero) is 1. The van der Waals surface area contributed by atoms with E-state index in [0.29, 0.717) is 29.2 Å². The predicted molar refractivity (Wildman–Crippen MR) is 133 cm³/mol. The maximum absolute atomic E-state index is 13.4. The fourth-order valence-corrected chi connectivity index (χ4v) is 9.24. The molecule has 6 atom stereocenters. The first-order valence-corrected chi connectivity index (χ1v) is 13.8. The van der Waals surface area contributed by atoms with Crippen LogP contribution >= 0.6 is 24.0 Å². The Balaban J connectivity index is 1.46. The Bertz CT molecular complexity index is 788. The Kier molecular flexibility index (Phi) is 6.76. The molecule has 0 aromatic heterocycles. The zero-order chi connectivity index (χ0) is 22.4. The summed E-state index contributed by atoms with van der Waals surface area (Å²) in [5.74, 6) is 3.56. The van der Waals surface area contributed by atoms with E-state index in [9.17, 15) is 9.59 Å². The van der Waals surface area contributed by atoms with Crippen LogP contribution in [0, 0.1) is 34.5 Å². The highest BCUT2D eigenvalue weighted by Crippen LogP contribution is 2.66. The van der Waals surface area contributed by atoms with Crippen LogP contribution in [-0.4, -0.2) is 39.6 Å². The van der Waals surface area contributed by atoms with E-state index in [1.807, 2.05) is 6.08 Å². The van der Waals surface area contributed by atoms with E-state index in [4.69, 9.17) is 12.2 Å². The van der Waals surface area contributed by atoms with E-state index in [2.05, 4.69) is 32.6 Å². The van der Waals surface area contributed by atoms with Crippen LogP contribution in [-0.2, 0) is 9.59 Å². The second-order valence-corrected chi connectivity index (χ2v) is 12.4. The van der Waals surface area contributed by atoms with E-state index in [-0.39, 0.29) is 16.7 Å². The summed E-state index contributed by atoms with van der Waals surface area (Å²) >= 11 is 7.14. The summed E-state index contributed by atoms with van der Waals surface area (Å²) in [6, 6.07) is 0. The number of hydrogen-bond donors (Lipinski definition) is 0. The minimum absolute atomic E-state index is 0.150. The van der Waals surface area contributed by atoms with Gasteiger partial charge in [-0.15, -0.1) is 0 Å². The van der Waals surface area contributed by atoms with E-state index >= 15 is 0 Å². The molecule has 6 unspecified atom stereocenters. The molecule has 172 valence electrons. The van der Waals surface area contributed by atoms with Gasteiger partial charge in [-0.25, -0.2) is 0 Å². The average molecular weight is 462 g/mol. The average Bonchev–Trinajstić information content (AvgIpc) is 3.10. The lowest BCUT2D eigenvalue weighted by Crippen LogP contribution is -2.51. The van der Waals surface area contributed by atoms with Crippen molar-refractivity contribution in [3.05, 3.63) is 11.6 Å². The van der Waals surface area contributed by atoms with Crippen molar-refractivity contribution >= 4 is 39.9 Å². The summed E-state index contributed by atoms with van der Waals surface area (Å²) in [7, 11) is 0. The van der Waals surface area contributed by atoms with E-state index in [1.54, 1.807) is 11.8 Å². The van der Waals surface area contributed by atoms with Gasteiger partial charge in [0.15, 0.2) is 5.78 Å². The van der Waals surface area contributed by atoms with Gasteiger partial charge < -0.3 is 4.90 Å². The number of ketones is 2. The zero-order valence-electron chi connectivity index (χ0n) is 19.7. The van der Waals surface area contributed by atoms with E-state index in [0.717, 1.165) is 55.4 Å². The minimum atomic E-state index is 0.150. The molecule has 0 saturated heterocycles. The minimum Gasteiger partial charge on any atom is -0.358 e. The van der Waals surface area contributed by atoms with Crippen LogP contribution in [0.2, 0.25) is 0 Å². The summed E-state index contributed by atoms with van der Waals surface area (Å²) in [4.78, 5) is 27.6. The molecule has 0 heterocycles. The van der Waals surface area contributed by atoms with Crippen LogP contribution in [0.5, 0.6) is 0 Å². The molecule has 0 aromatic rings. The van der Waals surface area contributed by atoms with Gasteiger partial charge in [0.25, 0.3) is 0 Å². The molecular formula is C26H39NO2S2. The van der Waals surface area contributed by atoms with Gasteiger partial charge in [-0.2, -0.15) is 0 Å². The van der Waals surface area contributed by atoms with Gasteiger partial charge >= 0.3 is 0 Å². The van der Waals surface area contributed by atoms with Gasteiger partial charge in [-0.05, 0) is 93.5 Å². The molecule has 0 spiro atoms. The van der Waals surface area contributed by atoms with E-state index < -0.39 is 0 Å². The van der Waals surface area contributed by atoms with Gasteiger partial charge in [0, 0.05) is 25.4 Å². The highest BCUT2D eigenvalue weighted by molar-refractivity contribution is 8.23. The molecule has 4 rings (SSSR count). The molecule has 0 aliphatic heterocycles. The maximum atomic E-state index is 13.4. The largest absolute Gasteiger partial charge is 0.358 e. The number of hydrogen-bond acceptors (Lipinski definition) is 4. The third-order valence-electron chi connectivity index (χ3n) is 9.71. The number of nitrogens with zero attached hydrogens (tertiary/aromatic N) is 1. The summed E-state index contributed by atoms with van der Waals surface area (Å²) < 4.78 is 0.869.